The van der Waals surface area contributed by atoms with Crippen molar-refractivity contribution < 1.29 is 9.53 Å². The van der Waals surface area contributed by atoms with Crippen molar-refractivity contribution in [3.05, 3.63) is 71.9 Å². The summed E-state index contributed by atoms with van der Waals surface area (Å²) in [5.74, 6) is 1.09. The van der Waals surface area contributed by atoms with Gasteiger partial charge in [0, 0.05) is 16.8 Å². The molecule has 0 bridgehead atoms. The van der Waals surface area contributed by atoms with Crippen molar-refractivity contribution in [1.82, 2.24) is 19.6 Å². The Labute approximate surface area is 168 Å². The summed E-state index contributed by atoms with van der Waals surface area (Å²) in [6.07, 6.45) is 0.932. The van der Waals surface area contributed by atoms with Gasteiger partial charge >= 0.3 is 0 Å². The van der Waals surface area contributed by atoms with Gasteiger partial charge in [-0.2, -0.15) is 9.50 Å². The Bertz CT molecular complexity index is 1140. The van der Waals surface area contributed by atoms with Crippen LogP contribution in [0.2, 0.25) is 0 Å². The topological polar surface area (TPSA) is 81.4 Å². The Morgan fingerprint density at radius 1 is 1.07 bits per heavy atom. The van der Waals surface area contributed by atoms with Crippen LogP contribution in [0.3, 0.4) is 0 Å². The Kier molecular flexibility index (Phi) is 5.20. The number of rotatable bonds is 6. The third-order valence-electron chi connectivity index (χ3n) is 4.37. The first-order valence-electron chi connectivity index (χ1n) is 9.48. The zero-order chi connectivity index (χ0) is 20.2. The fraction of sp³-hybridized carbons (Fsp3) is 0.182. The van der Waals surface area contributed by atoms with E-state index in [1.54, 1.807) is 28.8 Å². The minimum atomic E-state index is -0.288. The Morgan fingerprint density at radius 3 is 2.55 bits per heavy atom. The molecule has 4 rings (SSSR count). The lowest BCUT2D eigenvalue weighted by Crippen LogP contribution is -2.13. The van der Waals surface area contributed by atoms with Crippen LogP contribution in [-0.4, -0.2) is 32.1 Å². The third-order valence-corrected chi connectivity index (χ3v) is 4.37. The fourth-order valence-electron chi connectivity index (χ4n) is 2.92. The summed E-state index contributed by atoms with van der Waals surface area (Å²) < 4.78 is 7.16. The number of anilines is 1. The Morgan fingerprint density at radius 2 is 1.83 bits per heavy atom. The maximum Gasteiger partial charge on any atom is 0.258 e. The van der Waals surface area contributed by atoms with Crippen molar-refractivity contribution in [1.29, 1.82) is 0 Å². The summed E-state index contributed by atoms with van der Waals surface area (Å²) in [4.78, 5) is 21.5. The number of hydrogen-bond acceptors (Lipinski definition) is 5. The van der Waals surface area contributed by atoms with Crippen molar-refractivity contribution in [3.63, 3.8) is 0 Å². The van der Waals surface area contributed by atoms with Crippen LogP contribution >= 0.6 is 0 Å². The molecule has 2 aromatic carbocycles. The van der Waals surface area contributed by atoms with Crippen LogP contribution in [0, 0.1) is 6.92 Å². The number of nitrogens with one attached hydrogen (secondary N) is 1. The average molecular weight is 387 g/mol. The van der Waals surface area contributed by atoms with Gasteiger partial charge in [0.05, 0.1) is 12.3 Å². The van der Waals surface area contributed by atoms with E-state index in [9.17, 15) is 4.79 Å². The van der Waals surface area contributed by atoms with Crippen LogP contribution < -0.4 is 10.1 Å². The number of aryl methyl sites for hydroxylation is 1. The predicted molar refractivity (Wildman–Crippen MR) is 111 cm³/mol. The third kappa shape index (κ3) is 4.08. The molecule has 0 radical (unpaired) electrons. The highest BCUT2D eigenvalue weighted by Crippen LogP contribution is 2.19. The van der Waals surface area contributed by atoms with Gasteiger partial charge in [-0.1, -0.05) is 37.3 Å². The molecule has 0 saturated heterocycles. The second-order valence-corrected chi connectivity index (χ2v) is 6.62. The van der Waals surface area contributed by atoms with E-state index in [1.165, 1.54) is 0 Å². The van der Waals surface area contributed by atoms with Gasteiger partial charge in [-0.05, 0) is 43.7 Å². The molecule has 0 aliphatic rings. The van der Waals surface area contributed by atoms with E-state index in [1.807, 2.05) is 50.2 Å². The number of amides is 1. The molecule has 7 heteroatoms. The molecule has 0 saturated carbocycles. The summed E-state index contributed by atoms with van der Waals surface area (Å²) in [7, 11) is 0. The van der Waals surface area contributed by atoms with E-state index in [-0.39, 0.29) is 11.9 Å². The summed E-state index contributed by atoms with van der Waals surface area (Å²) in [6, 6.07) is 18.8. The molecule has 0 unspecified atom stereocenters. The molecule has 146 valence electrons. The van der Waals surface area contributed by atoms with Gasteiger partial charge in [0.15, 0.2) is 0 Å². The van der Waals surface area contributed by atoms with Crippen molar-refractivity contribution in [2.24, 2.45) is 0 Å². The van der Waals surface area contributed by atoms with Gasteiger partial charge in [-0.25, -0.2) is 4.98 Å². The van der Waals surface area contributed by atoms with E-state index in [0.717, 1.165) is 29.1 Å². The maximum atomic E-state index is 12.5. The summed E-state index contributed by atoms with van der Waals surface area (Å²) in [6.45, 7) is 4.62. The molecule has 0 aliphatic heterocycles. The van der Waals surface area contributed by atoms with Gasteiger partial charge in [0.2, 0.25) is 0 Å². The molecular weight excluding hydrogens is 366 g/mol. The number of carbonyl (C=O) groups excluding carboxylic acids is 1. The van der Waals surface area contributed by atoms with E-state index in [0.29, 0.717) is 17.9 Å². The molecule has 4 aromatic rings. The molecule has 29 heavy (non-hydrogen) atoms. The van der Waals surface area contributed by atoms with E-state index >= 15 is 0 Å². The van der Waals surface area contributed by atoms with Gasteiger partial charge in [0.25, 0.3) is 17.6 Å². The summed E-state index contributed by atoms with van der Waals surface area (Å²) in [5.41, 5.74) is 3.18. The van der Waals surface area contributed by atoms with Crippen molar-refractivity contribution in [3.8, 4) is 17.0 Å². The Balaban J connectivity index is 1.55. The Hall–Kier alpha value is -3.74. The van der Waals surface area contributed by atoms with Gasteiger partial charge in [-0.15, -0.1) is 5.10 Å². The first-order chi connectivity index (χ1) is 14.1. The molecule has 1 amide bonds. The maximum absolute atomic E-state index is 12.5. The summed E-state index contributed by atoms with van der Waals surface area (Å²) in [5, 5.41) is 7.09. The molecule has 7 nitrogen and oxygen atoms in total. The van der Waals surface area contributed by atoms with Crippen LogP contribution in [0.5, 0.6) is 5.75 Å². The van der Waals surface area contributed by atoms with E-state index in [2.05, 4.69) is 20.4 Å². The molecule has 2 aromatic heterocycles. The van der Waals surface area contributed by atoms with Crippen molar-refractivity contribution >= 4 is 17.6 Å². The SMILES string of the molecule is CCCOc1ccc(C(=O)Nc2nc3nc(-c4ccccc4)cc(C)n3n2)cc1. The fourth-order valence-corrected chi connectivity index (χ4v) is 2.92. The van der Waals surface area contributed by atoms with Crippen molar-refractivity contribution in [2.45, 2.75) is 20.3 Å². The highest BCUT2D eigenvalue weighted by Gasteiger charge is 2.13. The highest BCUT2D eigenvalue weighted by atomic mass is 16.5. The number of benzene rings is 2. The number of aromatic nitrogens is 4. The average Bonchev–Trinajstić information content (AvgIpc) is 3.16. The second kappa shape index (κ2) is 8.10. The minimum Gasteiger partial charge on any atom is -0.494 e. The van der Waals surface area contributed by atoms with Crippen molar-refractivity contribution in [2.75, 3.05) is 11.9 Å². The number of ether oxygens (including phenoxy) is 1. The smallest absolute Gasteiger partial charge is 0.258 e. The number of fused-ring (bicyclic) bond motifs is 1. The number of carbonyl (C=O) groups is 1. The van der Waals surface area contributed by atoms with E-state index < -0.39 is 0 Å². The quantitative estimate of drug-likeness (QED) is 0.538. The minimum absolute atomic E-state index is 0.210. The monoisotopic (exact) mass is 387 g/mol. The van der Waals surface area contributed by atoms with Crippen LogP contribution in [0.4, 0.5) is 5.95 Å². The molecule has 2 heterocycles. The first-order valence-corrected chi connectivity index (χ1v) is 9.48. The molecular formula is C22H21N5O2. The molecule has 1 N–H and O–H groups in total. The zero-order valence-corrected chi connectivity index (χ0v) is 16.3. The van der Waals surface area contributed by atoms with Crippen LogP contribution in [0.1, 0.15) is 29.4 Å². The highest BCUT2D eigenvalue weighted by molar-refractivity contribution is 6.03. The van der Waals surface area contributed by atoms with Gasteiger partial charge in [-0.3, -0.25) is 10.1 Å². The standard InChI is InChI=1S/C22H21N5O2/c1-3-13-29-18-11-9-17(10-12-18)20(28)24-21-25-22-23-19(14-15(2)27(22)26-21)16-7-5-4-6-8-16/h4-12,14H,3,13H2,1-2H3,(H,24,26,28). The lowest BCUT2D eigenvalue weighted by molar-refractivity contribution is 0.102. The molecule has 0 aliphatic carbocycles. The van der Waals surface area contributed by atoms with Gasteiger partial charge < -0.3 is 4.74 Å². The van der Waals surface area contributed by atoms with Crippen LogP contribution in [0.15, 0.2) is 60.7 Å². The zero-order valence-electron chi connectivity index (χ0n) is 16.3. The molecule has 0 atom stereocenters. The number of nitrogens with zero attached hydrogens (tertiary/aromatic N) is 4. The van der Waals surface area contributed by atoms with E-state index in [4.69, 9.17) is 4.74 Å². The lowest BCUT2D eigenvalue weighted by atomic mass is 10.1. The van der Waals surface area contributed by atoms with Gasteiger partial charge in [0.1, 0.15) is 5.75 Å². The van der Waals surface area contributed by atoms with Crippen LogP contribution in [0.25, 0.3) is 17.0 Å². The predicted octanol–water partition coefficient (Wildman–Crippen LogP) is 4.14. The largest absolute Gasteiger partial charge is 0.494 e. The first kappa shape index (κ1) is 18.6. The second-order valence-electron chi connectivity index (χ2n) is 6.62. The van der Waals surface area contributed by atoms with Crippen LogP contribution in [-0.2, 0) is 0 Å². The number of hydrogen-bond donors (Lipinski definition) is 1. The molecule has 0 spiro atoms. The molecule has 0 fully saturated rings. The normalized spacial score (nSPS) is 10.8. The lowest BCUT2D eigenvalue weighted by Gasteiger charge is -2.05. The summed E-state index contributed by atoms with van der Waals surface area (Å²) >= 11 is 0.